The molecule has 0 spiro atoms. The van der Waals surface area contributed by atoms with Gasteiger partial charge >= 0.3 is 0 Å². The minimum atomic E-state index is -3.60. The lowest BCUT2D eigenvalue weighted by molar-refractivity contribution is -0.116. The minimum absolute atomic E-state index is 0.130. The maximum absolute atomic E-state index is 12.9. The summed E-state index contributed by atoms with van der Waals surface area (Å²) < 4.78 is 32.4. The van der Waals surface area contributed by atoms with Gasteiger partial charge in [-0.1, -0.05) is 6.07 Å². The van der Waals surface area contributed by atoms with Crippen LogP contribution in [-0.2, 0) is 26.0 Å². The predicted octanol–water partition coefficient (Wildman–Crippen LogP) is 2.65. The number of sulfonamides is 1. The second-order valence-corrected chi connectivity index (χ2v) is 8.86. The van der Waals surface area contributed by atoms with E-state index in [9.17, 15) is 13.2 Å². The van der Waals surface area contributed by atoms with Crippen LogP contribution in [0.15, 0.2) is 39.9 Å². The Morgan fingerprint density at radius 2 is 2.04 bits per heavy atom. The van der Waals surface area contributed by atoms with Gasteiger partial charge in [-0.2, -0.15) is 15.6 Å². The van der Waals surface area contributed by atoms with Crippen molar-refractivity contribution in [3.63, 3.8) is 0 Å². The molecule has 0 atom stereocenters. The zero-order chi connectivity index (χ0) is 18.6. The highest BCUT2D eigenvalue weighted by Gasteiger charge is 2.28. The fourth-order valence-corrected chi connectivity index (χ4v) is 5.16. The largest absolute Gasteiger partial charge is 0.379 e. The molecule has 26 heavy (non-hydrogen) atoms. The Morgan fingerprint density at radius 1 is 1.27 bits per heavy atom. The summed E-state index contributed by atoms with van der Waals surface area (Å²) in [5.74, 6) is -0.130. The van der Waals surface area contributed by atoms with E-state index in [4.69, 9.17) is 4.74 Å². The average molecular weight is 395 g/mol. The molecule has 2 heterocycles. The molecule has 0 saturated carbocycles. The summed E-state index contributed by atoms with van der Waals surface area (Å²) in [5, 5.41) is 6.81. The van der Waals surface area contributed by atoms with E-state index in [0.717, 1.165) is 5.56 Å². The molecule has 140 valence electrons. The quantitative estimate of drug-likeness (QED) is 0.817. The van der Waals surface area contributed by atoms with Crippen molar-refractivity contribution >= 4 is 33.0 Å². The monoisotopic (exact) mass is 394 g/mol. The number of amides is 1. The Kier molecular flexibility index (Phi) is 6.08. The third-order valence-corrected chi connectivity index (χ3v) is 7.05. The van der Waals surface area contributed by atoms with Crippen molar-refractivity contribution in [2.24, 2.45) is 0 Å². The number of hydrogen-bond acceptors (Lipinski definition) is 5. The van der Waals surface area contributed by atoms with Gasteiger partial charge in [0.25, 0.3) is 0 Å². The van der Waals surface area contributed by atoms with E-state index in [1.54, 1.807) is 36.5 Å². The summed E-state index contributed by atoms with van der Waals surface area (Å²) in [5.41, 5.74) is 2.29. The molecule has 0 bridgehead atoms. The molecule has 0 unspecified atom stereocenters. The van der Waals surface area contributed by atoms with Gasteiger partial charge in [0.2, 0.25) is 15.9 Å². The zero-order valence-electron chi connectivity index (χ0n) is 14.6. The molecule has 0 aliphatic carbocycles. The maximum Gasteiger partial charge on any atom is 0.243 e. The number of nitrogens with one attached hydrogen (secondary N) is 1. The van der Waals surface area contributed by atoms with Crippen molar-refractivity contribution < 1.29 is 17.9 Å². The molecule has 3 rings (SSSR count). The number of anilines is 1. The van der Waals surface area contributed by atoms with Crippen LogP contribution in [0.3, 0.4) is 0 Å². The number of aryl methyl sites for hydroxylation is 2. The van der Waals surface area contributed by atoms with Crippen LogP contribution in [-0.4, -0.2) is 44.9 Å². The fourth-order valence-electron chi connectivity index (χ4n) is 2.80. The highest BCUT2D eigenvalue weighted by Crippen LogP contribution is 2.24. The van der Waals surface area contributed by atoms with E-state index in [1.165, 1.54) is 4.31 Å². The molecule has 6 nitrogen and oxygen atoms in total. The zero-order valence-corrected chi connectivity index (χ0v) is 16.2. The van der Waals surface area contributed by atoms with Crippen LogP contribution in [0.4, 0.5) is 5.69 Å². The topological polar surface area (TPSA) is 75.7 Å². The Morgan fingerprint density at radius 3 is 2.73 bits per heavy atom. The smallest absolute Gasteiger partial charge is 0.243 e. The summed E-state index contributed by atoms with van der Waals surface area (Å²) in [4.78, 5) is 12.4. The highest BCUT2D eigenvalue weighted by atomic mass is 32.2. The van der Waals surface area contributed by atoms with Crippen LogP contribution in [0.5, 0.6) is 0 Å². The SMILES string of the molecule is Cc1ccc(NC(=O)CCc2ccsc2)cc1S(=O)(=O)N1CCOCC1. The van der Waals surface area contributed by atoms with Gasteiger partial charge in [-0.05, 0) is 53.4 Å². The maximum atomic E-state index is 12.9. The first-order valence-electron chi connectivity index (χ1n) is 8.46. The molecule has 1 N–H and O–H groups in total. The van der Waals surface area contributed by atoms with Crippen LogP contribution < -0.4 is 5.32 Å². The van der Waals surface area contributed by atoms with Crippen molar-refractivity contribution in [2.75, 3.05) is 31.6 Å². The Labute approximate surface area is 157 Å². The van der Waals surface area contributed by atoms with E-state index in [-0.39, 0.29) is 10.8 Å². The highest BCUT2D eigenvalue weighted by molar-refractivity contribution is 7.89. The Hall–Kier alpha value is -1.74. The van der Waals surface area contributed by atoms with Gasteiger partial charge in [-0.3, -0.25) is 4.79 Å². The lowest BCUT2D eigenvalue weighted by Crippen LogP contribution is -2.40. The summed E-state index contributed by atoms with van der Waals surface area (Å²) in [6.07, 6.45) is 1.02. The van der Waals surface area contributed by atoms with Crippen LogP contribution in [0, 0.1) is 6.92 Å². The third kappa shape index (κ3) is 4.50. The van der Waals surface area contributed by atoms with Crippen molar-refractivity contribution in [3.05, 3.63) is 46.2 Å². The molecule has 1 aliphatic heterocycles. The molecule has 8 heteroatoms. The number of carbonyl (C=O) groups is 1. The first-order chi connectivity index (χ1) is 12.5. The van der Waals surface area contributed by atoms with Crippen molar-refractivity contribution in [2.45, 2.75) is 24.7 Å². The van der Waals surface area contributed by atoms with Crippen LogP contribution in [0.25, 0.3) is 0 Å². The van der Waals surface area contributed by atoms with Crippen LogP contribution >= 0.6 is 11.3 Å². The van der Waals surface area contributed by atoms with Crippen molar-refractivity contribution in [1.82, 2.24) is 4.31 Å². The molecule has 0 radical (unpaired) electrons. The molecule has 2 aromatic rings. The predicted molar refractivity (Wildman–Crippen MR) is 102 cm³/mol. The summed E-state index contributed by atoms with van der Waals surface area (Å²) in [7, 11) is -3.60. The molecule has 1 fully saturated rings. The first kappa shape index (κ1) is 19.0. The summed E-state index contributed by atoms with van der Waals surface area (Å²) in [6, 6.07) is 7.00. The lowest BCUT2D eigenvalue weighted by atomic mass is 10.2. The van der Waals surface area contributed by atoms with E-state index < -0.39 is 10.0 Å². The number of carbonyl (C=O) groups excluding carboxylic acids is 1. The second kappa shape index (κ2) is 8.30. The number of morpholine rings is 1. The molecule has 1 aromatic carbocycles. The van der Waals surface area contributed by atoms with Gasteiger partial charge < -0.3 is 10.1 Å². The van der Waals surface area contributed by atoms with Gasteiger partial charge in [-0.15, -0.1) is 0 Å². The second-order valence-electron chi connectivity index (χ2n) is 6.18. The number of ether oxygens (including phenoxy) is 1. The van der Waals surface area contributed by atoms with Gasteiger partial charge in [0.15, 0.2) is 0 Å². The molecule has 1 aromatic heterocycles. The number of rotatable bonds is 6. The molecular formula is C18H22N2O4S2. The third-order valence-electron chi connectivity index (χ3n) is 4.28. The summed E-state index contributed by atoms with van der Waals surface area (Å²) in [6.45, 7) is 3.25. The molecule has 1 amide bonds. The average Bonchev–Trinajstić information content (AvgIpc) is 3.16. The normalized spacial score (nSPS) is 15.7. The van der Waals surface area contributed by atoms with Crippen LogP contribution in [0.2, 0.25) is 0 Å². The Bertz CT molecular complexity index is 857. The summed E-state index contributed by atoms with van der Waals surface area (Å²) >= 11 is 1.60. The van der Waals surface area contributed by atoms with E-state index >= 15 is 0 Å². The standard InChI is InChI=1S/C18H22N2O4S2/c1-14-2-4-16(19-18(21)5-3-15-6-11-25-13-15)12-17(14)26(22,23)20-7-9-24-10-8-20/h2,4,6,11-13H,3,5,7-10H2,1H3,(H,19,21). The van der Waals surface area contributed by atoms with Crippen molar-refractivity contribution in [3.8, 4) is 0 Å². The molecule has 1 saturated heterocycles. The van der Waals surface area contributed by atoms with Crippen LogP contribution in [0.1, 0.15) is 17.5 Å². The lowest BCUT2D eigenvalue weighted by Gasteiger charge is -2.26. The minimum Gasteiger partial charge on any atom is -0.379 e. The van der Waals surface area contributed by atoms with Gasteiger partial charge in [-0.25, -0.2) is 8.42 Å². The van der Waals surface area contributed by atoms with Gasteiger partial charge in [0.05, 0.1) is 18.1 Å². The van der Waals surface area contributed by atoms with E-state index in [2.05, 4.69) is 5.32 Å². The molecular weight excluding hydrogens is 372 g/mol. The van der Waals surface area contributed by atoms with Gasteiger partial charge in [0.1, 0.15) is 0 Å². The number of thiophene rings is 1. The Balaban J connectivity index is 1.71. The van der Waals surface area contributed by atoms with Crippen molar-refractivity contribution in [1.29, 1.82) is 0 Å². The van der Waals surface area contributed by atoms with E-state index in [0.29, 0.717) is 50.4 Å². The van der Waals surface area contributed by atoms with E-state index in [1.807, 2.05) is 16.8 Å². The molecule has 1 aliphatic rings. The number of nitrogens with zero attached hydrogens (tertiary/aromatic N) is 1. The van der Waals surface area contributed by atoms with Gasteiger partial charge in [0, 0.05) is 25.2 Å². The fraction of sp³-hybridized carbons (Fsp3) is 0.389. The first-order valence-corrected chi connectivity index (χ1v) is 10.8. The number of hydrogen-bond donors (Lipinski definition) is 1. The number of benzene rings is 1.